The lowest BCUT2D eigenvalue weighted by atomic mass is 10.1. The second kappa shape index (κ2) is 7.01. The molecule has 2 aromatic rings. The van der Waals surface area contributed by atoms with Gasteiger partial charge in [-0.05, 0) is 40.0 Å². The van der Waals surface area contributed by atoms with Crippen LogP contribution in [-0.4, -0.2) is 11.6 Å². The number of benzene rings is 2. The molecule has 0 bridgehead atoms. The van der Waals surface area contributed by atoms with Gasteiger partial charge in [-0.1, -0.05) is 49.4 Å². The molecule has 20 heavy (non-hydrogen) atoms. The van der Waals surface area contributed by atoms with E-state index in [0.717, 1.165) is 22.2 Å². The van der Waals surface area contributed by atoms with E-state index in [-0.39, 0.29) is 5.91 Å². The standard InChI is InChI=1S/C16H15BrN2O/c1-2-15(12-8-4-3-5-9-12)18-19-16(20)13-10-6-7-11-14(13)17/h3-11H,2H2,1H3,(H,19,20)/b18-15+. The Kier molecular flexibility index (Phi) is 5.07. The van der Waals surface area contributed by atoms with Crippen LogP contribution in [0.25, 0.3) is 0 Å². The number of rotatable bonds is 4. The maximum atomic E-state index is 12.1. The van der Waals surface area contributed by atoms with Gasteiger partial charge in [-0.2, -0.15) is 5.10 Å². The molecule has 0 atom stereocenters. The molecular formula is C16H15BrN2O. The fraction of sp³-hybridized carbons (Fsp3) is 0.125. The topological polar surface area (TPSA) is 41.5 Å². The van der Waals surface area contributed by atoms with E-state index in [1.54, 1.807) is 6.07 Å². The van der Waals surface area contributed by atoms with Crippen LogP contribution in [0.15, 0.2) is 64.2 Å². The summed E-state index contributed by atoms with van der Waals surface area (Å²) in [5.41, 5.74) is 5.05. The van der Waals surface area contributed by atoms with Gasteiger partial charge in [0.2, 0.25) is 0 Å². The predicted octanol–water partition coefficient (Wildman–Crippen LogP) is 3.99. The number of amides is 1. The third-order valence-electron chi connectivity index (χ3n) is 2.85. The van der Waals surface area contributed by atoms with Gasteiger partial charge in [0, 0.05) is 4.47 Å². The predicted molar refractivity (Wildman–Crippen MR) is 84.9 cm³/mol. The third-order valence-corrected chi connectivity index (χ3v) is 3.54. The van der Waals surface area contributed by atoms with E-state index >= 15 is 0 Å². The fourth-order valence-corrected chi connectivity index (χ4v) is 2.27. The molecule has 3 nitrogen and oxygen atoms in total. The van der Waals surface area contributed by atoms with Gasteiger partial charge >= 0.3 is 0 Å². The number of nitrogens with zero attached hydrogens (tertiary/aromatic N) is 1. The monoisotopic (exact) mass is 330 g/mol. The minimum Gasteiger partial charge on any atom is -0.267 e. The molecule has 1 N–H and O–H groups in total. The number of halogens is 1. The number of hydrogen-bond donors (Lipinski definition) is 1. The first-order valence-corrected chi connectivity index (χ1v) is 7.18. The van der Waals surface area contributed by atoms with E-state index in [2.05, 4.69) is 26.5 Å². The molecule has 0 aliphatic heterocycles. The van der Waals surface area contributed by atoms with E-state index < -0.39 is 0 Å². The van der Waals surface area contributed by atoms with E-state index in [1.165, 1.54) is 0 Å². The Hall–Kier alpha value is -1.94. The Morgan fingerprint density at radius 3 is 2.40 bits per heavy atom. The normalized spacial score (nSPS) is 11.2. The first kappa shape index (κ1) is 14.5. The molecule has 0 radical (unpaired) electrons. The number of carbonyl (C=O) groups excluding carboxylic acids is 1. The Morgan fingerprint density at radius 1 is 1.10 bits per heavy atom. The van der Waals surface area contributed by atoms with Gasteiger partial charge in [0.1, 0.15) is 0 Å². The van der Waals surface area contributed by atoms with Crippen molar-refractivity contribution in [2.24, 2.45) is 5.10 Å². The zero-order chi connectivity index (χ0) is 14.4. The average Bonchev–Trinajstić information content (AvgIpc) is 2.49. The van der Waals surface area contributed by atoms with Crippen LogP contribution >= 0.6 is 15.9 Å². The van der Waals surface area contributed by atoms with E-state index in [1.807, 2.05) is 55.5 Å². The highest BCUT2D eigenvalue weighted by molar-refractivity contribution is 9.10. The van der Waals surface area contributed by atoms with Crippen molar-refractivity contribution in [2.75, 3.05) is 0 Å². The third kappa shape index (κ3) is 3.54. The second-order valence-electron chi connectivity index (χ2n) is 4.20. The SMILES string of the molecule is CC/C(=N\NC(=O)c1ccccc1Br)c1ccccc1. The number of nitrogens with one attached hydrogen (secondary N) is 1. The number of carbonyl (C=O) groups is 1. The molecule has 102 valence electrons. The molecule has 0 spiro atoms. The molecular weight excluding hydrogens is 316 g/mol. The van der Waals surface area contributed by atoms with Gasteiger partial charge in [0.05, 0.1) is 11.3 Å². The van der Waals surface area contributed by atoms with Crippen molar-refractivity contribution in [1.82, 2.24) is 5.43 Å². The molecule has 0 saturated heterocycles. The molecule has 2 rings (SSSR count). The van der Waals surface area contributed by atoms with Crippen molar-refractivity contribution in [2.45, 2.75) is 13.3 Å². The maximum absolute atomic E-state index is 12.1. The molecule has 4 heteroatoms. The highest BCUT2D eigenvalue weighted by Crippen LogP contribution is 2.15. The lowest BCUT2D eigenvalue weighted by molar-refractivity contribution is 0.0954. The molecule has 0 aromatic heterocycles. The number of hydrazone groups is 1. The summed E-state index contributed by atoms with van der Waals surface area (Å²) in [6, 6.07) is 17.1. The van der Waals surface area contributed by atoms with Gasteiger partial charge in [0.15, 0.2) is 0 Å². The average molecular weight is 331 g/mol. The summed E-state index contributed by atoms with van der Waals surface area (Å²) in [5, 5.41) is 4.23. The van der Waals surface area contributed by atoms with Gasteiger partial charge in [0.25, 0.3) is 5.91 Å². The zero-order valence-corrected chi connectivity index (χ0v) is 12.7. The lowest BCUT2D eigenvalue weighted by Crippen LogP contribution is -2.20. The summed E-state index contributed by atoms with van der Waals surface area (Å²) >= 11 is 3.36. The van der Waals surface area contributed by atoms with Gasteiger partial charge in [-0.15, -0.1) is 0 Å². The molecule has 0 saturated carbocycles. The highest BCUT2D eigenvalue weighted by Gasteiger charge is 2.08. The molecule has 0 unspecified atom stereocenters. The quantitative estimate of drug-likeness (QED) is 0.668. The van der Waals surface area contributed by atoms with Crippen LogP contribution in [0.5, 0.6) is 0 Å². The minimum atomic E-state index is -0.223. The Bertz CT molecular complexity index is 623. The Balaban J connectivity index is 2.16. The fourth-order valence-electron chi connectivity index (χ4n) is 1.80. The van der Waals surface area contributed by atoms with Gasteiger partial charge in [-0.25, -0.2) is 5.43 Å². The van der Waals surface area contributed by atoms with Gasteiger partial charge < -0.3 is 0 Å². The van der Waals surface area contributed by atoms with E-state index in [4.69, 9.17) is 0 Å². The summed E-state index contributed by atoms with van der Waals surface area (Å²) in [6.07, 6.45) is 0.750. The molecule has 1 amide bonds. The largest absolute Gasteiger partial charge is 0.272 e. The van der Waals surface area contributed by atoms with Crippen LogP contribution in [0, 0.1) is 0 Å². The summed E-state index contributed by atoms with van der Waals surface area (Å²) in [7, 11) is 0. The molecule has 0 heterocycles. The van der Waals surface area contributed by atoms with Crippen LogP contribution in [0.3, 0.4) is 0 Å². The zero-order valence-electron chi connectivity index (χ0n) is 11.1. The van der Waals surface area contributed by atoms with Crippen LogP contribution in [-0.2, 0) is 0 Å². The van der Waals surface area contributed by atoms with Crippen molar-refractivity contribution in [3.63, 3.8) is 0 Å². The summed E-state index contributed by atoms with van der Waals surface area (Å²) < 4.78 is 0.755. The molecule has 0 aliphatic carbocycles. The first-order chi connectivity index (χ1) is 9.72. The van der Waals surface area contributed by atoms with Crippen LogP contribution in [0.1, 0.15) is 29.3 Å². The van der Waals surface area contributed by atoms with Crippen molar-refractivity contribution in [3.8, 4) is 0 Å². The first-order valence-electron chi connectivity index (χ1n) is 6.39. The summed E-state index contributed by atoms with van der Waals surface area (Å²) in [5.74, 6) is -0.223. The number of hydrogen-bond acceptors (Lipinski definition) is 2. The summed E-state index contributed by atoms with van der Waals surface area (Å²) in [4.78, 5) is 12.1. The van der Waals surface area contributed by atoms with E-state index in [0.29, 0.717) is 5.56 Å². The smallest absolute Gasteiger partial charge is 0.267 e. The van der Waals surface area contributed by atoms with Gasteiger partial charge in [-0.3, -0.25) is 4.79 Å². The molecule has 2 aromatic carbocycles. The Labute approximate surface area is 126 Å². The van der Waals surface area contributed by atoms with Crippen LogP contribution < -0.4 is 5.43 Å². The van der Waals surface area contributed by atoms with Crippen molar-refractivity contribution in [3.05, 3.63) is 70.2 Å². The maximum Gasteiger partial charge on any atom is 0.272 e. The van der Waals surface area contributed by atoms with Crippen LogP contribution in [0.2, 0.25) is 0 Å². The van der Waals surface area contributed by atoms with Crippen molar-refractivity contribution in [1.29, 1.82) is 0 Å². The van der Waals surface area contributed by atoms with E-state index in [9.17, 15) is 4.79 Å². The summed E-state index contributed by atoms with van der Waals surface area (Å²) in [6.45, 7) is 2.01. The second-order valence-corrected chi connectivity index (χ2v) is 5.05. The highest BCUT2D eigenvalue weighted by atomic mass is 79.9. The molecule has 0 aliphatic rings. The van der Waals surface area contributed by atoms with Crippen LogP contribution in [0.4, 0.5) is 0 Å². The van der Waals surface area contributed by atoms with Crippen molar-refractivity contribution >= 4 is 27.5 Å². The van der Waals surface area contributed by atoms with Crippen molar-refractivity contribution < 1.29 is 4.79 Å². The molecule has 0 fully saturated rings. The Morgan fingerprint density at radius 2 is 1.75 bits per heavy atom. The minimum absolute atomic E-state index is 0.223. The lowest BCUT2D eigenvalue weighted by Gasteiger charge is -2.06.